The Labute approximate surface area is 110 Å². The molecule has 1 atom stereocenters. The summed E-state index contributed by atoms with van der Waals surface area (Å²) in [7, 11) is 1.72. The molecular weight excluding hydrogens is 252 g/mol. The van der Waals surface area contributed by atoms with Crippen molar-refractivity contribution < 1.29 is 5.11 Å². The Kier molecular flexibility index (Phi) is 4.28. The number of aromatic nitrogens is 4. The summed E-state index contributed by atoms with van der Waals surface area (Å²) in [6.45, 7) is 0.0881. The van der Waals surface area contributed by atoms with Crippen LogP contribution in [-0.2, 0) is 19.9 Å². The van der Waals surface area contributed by atoms with E-state index in [-0.39, 0.29) is 12.5 Å². The Morgan fingerprint density at radius 2 is 2.22 bits per heavy atom. The van der Waals surface area contributed by atoms with Crippen molar-refractivity contribution in [2.75, 3.05) is 6.61 Å². The van der Waals surface area contributed by atoms with Crippen LogP contribution in [0.25, 0.3) is 0 Å². The van der Waals surface area contributed by atoms with Gasteiger partial charge in [-0.1, -0.05) is 23.7 Å². The van der Waals surface area contributed by atoms with E-state index >= 15 is 0 Å². The van der Waals surface area contributed by atoms with Gasteiger partial charge in [0.15, 0.2) is 5.82 Å². The lowest BCUT2D eigenvalue weighted by Gasteiger charge is -2.12. The zero-order chi connectivity index (χ0) is 13.0. The van der Waals surface area contributed by atoms with Gasteiger partial charge in [-0.05, 0) is 35.2 Å². The molecule has 1 unspecified atom stereocenters. The van der Waals surface area contributed by atoms with Crippen LogP contribution in [0.15, 0.2) is 24.3 Å². The fourth-order valence-electron chi connectivity index (χ4n) is 1.86. The van der Waals surface area contributed by atoms with E-state index in [1.807, 2.05) is 24.3 Å². The molecule has 0 saturated carbocycles. The van der Waals surface area contributed by atoms with Crippen molar-refractivity contribution in [2.45, 2.75) is 12.8 Å². The molecule has 1 aromatic heterocycles. The molecular formula is C12H15ClN4O. The number of hydrogen-bond acceptors (Lipinski definition) is 4. The summed E-state index contributed by atoms with van der Waals surface area (Å²) in [5.74, 6) is 0.728. The van der Waals surface area contributed by atoms with Gasteiger partial charge in [0.05, 0.1) is 7.05 Å². The first-order valence-corrected chi connectivity index (χ1v) is 6.13. The molecule has 18 heavy (non-hydrogen) atoms. The maximum Gasteiger partial charge on any atom is 0.175 e. The lowest BCUT2D eigenvalue weighted by atomic mass is 9.97. The minimum Gasteiger partial charge on any atom is -0.396 e. The molecule has 0 bridgehead atoms. The predicted octanol–water partition coefficient (Wildman–Crippen LogP) is 1.26. The SMILES string of the molecule is Cn1nnc(CC(CO)Cc2cccc(Cl)c2)n1. The largest absolute Gasteiger partial charge is 0.396 e. The Morgan fingerprint density at radius 1 is 1.39 bits per heavy atom. The van der Waals surface area contributed by atoms with Crippen molar-refractivity contribution in [3.63, 3.8) is 0 Å². The molecule has 0 saturated heterocycles. The zero-order valence-electron chi connectivity index (χ0n) is 10.1. The number of benzene rings is 1. The highest BCUT2D eigenvalue weighted by Gasteiger charge is 2.13. The molecule has 0 aliphatic carbocycles. The van der Waals surface area contributed by atoms with Crippen molar-refractivity contribution in [3.8, 4) is 0 Å². The summed E-state index contributed by atoms with van der Waals surface area (Å²) < 4.78 is 0. The van der Waals surface area contributed by atoms with Gasteiger partial charge in [0, 0.05) is 18.1 Å². The monoisotopic (exact) mass is 266 g/mol. The van der Waals surface area contributed by atoms with Crippen LogP contribution in [0.4, 0.5) is 0 Å². The second-order valence-electron chi connectivity index (χ2n) is 4.28. The first-order valence-electron chi connectivity index (χ1n) is 5.75. The summed E-state index contributed by atoms with van der Waals surface area (Å²) >= 11 is 5.93. The third-order valence-corrected chi connectivity index (χ3v) is 2.93. The molecule has 96 valence electrons. The van der Waals surface area contributed by atoms with Gasteiger partial charge in [0.25, 0.3) is 0 Å². The Bertz CT molecular complexity index is 514. The van der Waals surface area contributed by atoms with E-state index in [9.17, 15) is 5.11 Å². The Balaban J connectivity index is 2.01. The van der Waals surface area contributed by atoms with Gasteiger partial charge in [-0.25, -0.2) is 0 Å². The number of tetrazole rings is 1. The number of halogens is 1. The number of aliphatic hydroxyl groups is 1. The number of hydrogen-bond donors (Lipinski definition) is 1. The van der Waals surface area contributed by atoms with E-state index in [0.29, 0.717) is 17.3 Å². The van der Waals surface area contributed by atoms with Gasteiger partial charge in [-0.2, -0.15) is 4.80 Å². The highest BCUT2D eigenvalue weighted by Crippen LogP contribution is 2.16. The minimum atomic E-state index is 0.0765. The molecule has 0 aliphatic heterocycles. The van der Waals surface area contributed by atoms with Crippen molar-refractivity contribution in [1.82, 2.24) is 20.2 Å². The summed E-state index contributed by atoms with van der Waals surface area (Å²) in [6, 6.07) is 7.66. The van der Waals surface area contributed by atoms with Crippen molar-refractivity contribution >= 4 is 11.6 Å². The van der Waals surface area contributed by atoms with Crippen LogP contribution in [0.3, 0.4) is 0 Å². The quantitative estimate of drug-likeness (QED) is 0.885. The highest BCUT2D eigenvalue weighted by molar-refractivity contribution is 6.30. The maximum atomic E-state index is 9.41. The van der Waals surface area contributed by atoms with Gasteiger partial charge in [-0.3, -0.25) is 0 Å². The van der Waals surface area contributed by atoms with Crippen LogP contribution in [0.2, 0.25) is 5.02 Å². The fraction of sp³-hybridized carbons (Fsp3) is 0.417. The first-order chi connectivity index (χ1) is 8.67. The summed E-state index contributed by atoms with van der Waals surface area (Å²) in [5.41, 5.74) is 1.10. The molecule has 6 heteroatoms. The molecule has 0 radical (unpaired) electrons. The number of rotatable bonds is 5. The predicted molar refractivity (Wildman–Crippen MR) is 68.2 cm³/mol. The van der Waals surface area contributed by atoms with E-state index in [0.717, 1.165) is 12.0 Å². The molecule has 1 N–H and O–H groups in total. The van der Waals surface area contributed by atoms with Crippen molar-refractivity contribution in [2.24, 2.45) is 13.0 Å². The standard InChI is InChI=1S/C12H15ClN4O/c1-17-15-12(14-16-17)7-10(8-18)5-9-3-2-4-11(13)6-9/h2-4,6,10,18H,5,7-8H2,1H3. The third-order valence-electron chi connectivity index (χ3n) is 2.69. The summed E-state index contributed by atoms with van der Waals surface area (Å²) in [4.78, 5) is 1.42. The Morgan fingerprint density at radius 3 is 2.83 bits per heavy atom. The second kappa shape index (κ2) is 5.93. The number of aryl methyl sites for hydroxylation is 1. The Hall–Kier alpha value is -1.46. The normalized spacial score (nSPS) is 12.6. The second-order valence-corrected chi connectivity index (χ2v) is 4.72. The smallest absolute Gasteiger partial charge is 0.175 e. The van der Waals surface area contributed by atoms with Crippen LogP contribution in [0.1, 0.15) is 11.4 Å². The molecule has 2 aromatic rings. The summed E-state index contributed by atoms with van der Waals surface area (Å²) in [5, 5.41) is 21.9. The molecule has 0 aliphatic rings. The van der Waals surface area contributed by atoms with Gasteiger partial charge >= 0.3 is 0 Å². The highest BCUT2D eigenvalue weighted by atomic mass is 35.5. The molecule has 1 aromatic carbocycles. The van der Waals surface area contributed by atoms with Gasteiger partial charge in [-0.15, -0.1) is 10.2 Å². The van der Waals surface area contributed by atoms with E-state index in [1.165, 1.54) is 4.80 Å². The average Bonchev–Trinajstić information content (AvgIpc) is 2.74. The van der Waals surface area contributed by atoms with Gasteiger partial charge in [0.1, 0.15) is 0 Å². The molecule has 5 nitrogen and oxygen atoms in total. The lowest BCUT2D eigenvalue weighted by molar-refractivity contribution is 0.223. The zero-order valence-corrected chi connectivity index (χ0v) is 10.9. The van der Waals surface area contributed by atoms with Gasteiger partial charge in [0.2, 0.25) is 0 Å². The molecule has 0 amide bonds. The first kappa shape index (κ1) is 13.0. The topological polar surface area (TPSA) is 63.8 Å². The van der Waals surface area contributed by atoms with E-state index in [1.54, 1.807) is 7.05 Å². The summed E-state index contributed by atoms with van der Waals surface area (Å²) in [6.07, 6.45) is 1.35. The van der Waals surface area contributed by atoms with E-state index < -0.39 is 0 Å². The number of aliphatic hydroxyl groups excluding tert-OH is 1. The van der Waals surface area contributed by atoms with Crippen molar-refractivity contribution in [1.29, 1.82) is 0 Å². The minimum absolute atomic E-state index is 0.0765. The number of nitrogens with zero attached hydrogens (tertiary/aromatic N) is 4. The van der Waals surface area contributed by atoms with Crippen LogP contribution < -0.4 is 0 Å². The lowest BCUT2D eigenvalue weighted by Crippen LogP contribution is -2.14. The van der Waals surface area contributed by atoms with E-state index in [2.05, 4.69) is 15.4 Å². The average molecular weight is 267 g/mol. The maximum absolute atomic E-state index is 9.41. The van der Waals surface area contributed by atoms with Crippen LogP contribution in [0.5, 0.6) is 0 Å². The fourth-order valence-corrected chi connectivity index (χ4v) is 2.07. The molecule has 0 fully saturated rings. The molecule has 1 heterocycles. The van der Waals surface area contributed by atoms with Crippen LogP contribution in [0, 0.1) is 5.92 Å². The van der Waals surface area contributed by atoms with Gasteiger partial charge < -0.3 is 5.11 Å². The van der Waals surface area contributed by atoms with Crippen LogP contribution >= 0.6 is 11.6 Å². The third kappa shape index (κ3) is 3.51. The molecule has 0 spiro atoms. The molecule has 2 rings (SSSR count). The van der Waals surface area contributed by atoms with Crippen molar-refractivity contribution in [3.05, 3.63) is 40.7 Å². The van der Waals surface area contributed by atoms with E-state index in [4.69, 9.17) is 11.6 Å². The van der Waals surface area contributed by atoms with Crippen LogP contribution in [-0.4, -0.2) is 31.9 Å².